The van der Waals surface area contributed by atoms with Gasteiger partial charge in [-0.05, 0) is 51.6 Å². The molecule has 20 heavy (non-hydrogen) atoms. The number of hydrogen-bond donors (Lipinski definition) is 2. The Bertz CT molecular complexity index is 484. The second kappa shape index (κ2) is 5.69. The van der Waals surface area contributed by atoms with Crippen LogP contribution >= 0.6 is 12.4 Å². The van der Waals surface area contributed by atoms with Crippen LogP contribution in [-0.4, -0.2) is 29.1 Å². The molecule has 112 valence electrons. The van der Waals surface area contributed by atoms with E-state index < -0.39 is 0 Å². The van der Waals surface area contributed by atoms with Crippen LogP contribution < -0.4 is 10.6 Å². The van der Waals surface area contributed by atoms with Crippen LogP contribution in [0.25, 0.3) is 0 Å². The molecule has 1 aromatic heterocycles. The Balaban J connectivity index is 0.00000147. The van der Waals surface area contributed by atoms with Crippen LogP contribution in [0.5, 0.6) is 0 Å². The molecule has 0 aromatic carbocycles. The first-order valence-corrected chi connectivity index (χ1v) is 6.92. The highest BCUT2D eigenvalue weighted by Crippen LogP contribution is 2.58. The van der Waals surface area contributed by atoms with Crippen molar-refractivity contribution in [3.8, 4) is 0 Å². The van der Waals surface area contributed by atoms with E-state index in [1.165, 1.54) is 0 Å². The van der Waals surface area contributed by atoms with Gasteiger partial charge in [-0.2, -0.15) is 4.98 Å². The van der Waals surface area contributed by atoms with Crippen LogP contribution in [0.1, 0.15) is 43.9 Å². The number of halogens is 1. The number of aromatic nitrogens is 2. The molecule has 1 aliphatic heterocycles. The molecule has 0 bridgehead atoms. The van der Waals surface area contributed by atoms with E-state index in [4.69, 9.17) is 4.52 Å². The van der Waals surface area contributed by atoms with Crippen LogP contribution in [0.15, 0.2) is 4.52 Å². The third-order valence-corrected chi connectivity index (χ3v) is 4.38. The molecule has 2 atom stereocenters. The number of amides is 1. The first-order chi connectivity index (χ1) is 9.11. The van der Waals surface area contributed by atoms with E-state index in [0.29, 0.717) is 11.7 Å². The smallest absolute Gasteiger partial charge is 0.248 e. The molecule has 7 heteroatoms. The molecule has 1 saturated heterocycles. The maximum atomic E-state index is 12.2. The molecule has 0 radical (unpaired) electrons. The molecule has 2 fully saturated rings. The molecule has 1 aromatic rings. The van der Waals surface area contributed by atoms with Crippen molar-refractivity contribution in [3.05, 3.63) is 11.7 Å². The topological polar surface area (TPSA) is 80.0 Å². The van der Waals surface area contributed by atoms with Crippen LogP contribution in [0.2, 0.25) is 0 Å². The van der Waals surface area contributed by atoms with Gasteiger partial charge in [-0.1, -0.05) is 5.16 Å². The fraction of sp³-hybridized carbons (Fsp3) is 0.769. The lowest BCUT2D eigenvalue weighted by Gasteiger charge is -2.23. The van der Waals surface area contributed by atoms with E-state index in [-0.39, 0.29) is 35.7 Å². The normalized spacial score (nSPS) is 24.8. The van der Waals surface area contributed by atoms with Crippen molar-refractivity contribution in [2.45, 2.75) is 39.2 Å². The number of piperidine rings is 1. The highest BCUT2D eigenvalue weighted by atomic mass is 35.5. The first-order valence-electron chi connectivity index (χ1n) is 6.92. The lowest BCUT2D eigenvalue weighted by molar-refractivity contribution is -0.124. The number of aryl methyl sites for hydroxylation is 1. The second-order valence-electron chi connectivity index (χ2n) is 5.78. The zero-order valence-electron chi connectivity index (χ0n) is 11.8. The van der Waals surface area contributed by atoms with Gasteiger partial charge in [-0.3, -0.25) is 4.79 Å². The quantitative estimate of drug-likeness (QED) is 0.881. The van der Waals surface area contributed by atoms with E-state index in [1.807, 2.05) is 6.92 Å². The molecule has 2 aliphatic rings. The number of nitrogens with zero attached hydrogens (tertiary/aromatic N) is 2. The lowest BCUT2D eigenvalue weighted by atomic mass is 9.91. The number of carbonyl (C=O) groups excluding carboxylic acids is 1. The highest BCUT2D eigenvalue weighted by molar-refractivity contribution is 5.85. The lowest BCUT2D eigenvalue weighted by Crippen LogP contribution is -2.34. The molecule has 3 rings (SSSR count). The molecule has 2 unspecified atom stereocenters. The standard InChI is InChI=1S/C13H20N4O2.ClH/c1-8(12-16-9(2)17-19-12)15-11(18)10-7-13(10)3-5-14-6-4-13;/h8,10,14H,3-7H2,1-2H3,(H,15,18);1H. The Morgan fingerprint density at radius 2 is 2.20 bits per heavy atom. The Hall–Kier alpha value is -1.14. The minimum absolute atomic E-state index is 0. The minimum Gasteiger partial charge on any atom is -0.344 e. The van der Waals surface area contributed by atoms with Gasteiger partial charge in [0, 0.05) is 5.92 Å². The summed E-state index contributed by atoms with van der Waals surface area (Å²) in [4.78, 5) is 16.4. The zero-order valence-corrected chi connectivity index (χ0v) is 12.6. The number of nitrogens with one attached hydrogen (secondary N) is 2. The molecular weight excluding hydrogens is 280 g/mol. The molecule has 2 heterocycles. The van der Waals surface area contributed by atoms with Gasteiger partial charge < -0.3 is 15.2 Å². The Kier molecular flexibility index (Phi) is 4.34. The first kappa shape index (κ1) is 15.3. The van der Waals surface area contributed by atoms with Crippen molar-refractivity contribution >= 4 is 18.3 Å². The maximum absolute atomic E-state index is 12.2. The summed E-state index contributed by atoms with van der Waals surface area (Å²) < 4.78 is 5.08. The summed E-state index contributed by atoms with van der Waals surface area (Å²) in [6, 6.07) is -0.215. The third kappa shape index (κ3) is 2.81. The van der Waals surface area contributed by atoms with Crippen LogP contribution in [-0.2, 0) is 4.79 Å². The summed E-state index contributed by atoms with van der Waals surface area (Å²) in [6.07, 6.45) is 3.24. The van der Waals surface area contributed by atoms with Gasteiger partial charge in [-0.25, -0.2) is 0 Å². The Labute approximate surface area is 124 Å². The summed E-state index contributed by atoms with van der Waals surface area (Å²) in [6.45, 7) is 5.71. The molecule has 6 nitrogen and oxygen atoms in total. The van der Waals surface area contributed by atoms with Crippen molar-refractivity contribution in [2.24, 2.45) is 11.3 Å². The molecule has 2 N–H and O–H groups in total. The predicted octanol–water partition coefficient (Wildman–Crippen LogP) is 1.37. The number of rotatable bonds is 3. The average Bonchev–Trinajstić information content (AvgIpc) is 2.89. The minimum atomic E-state index is -0.215. The largest absolute Gasteiger partial charge is 0.344 e. The molecule has 1 aliphatic carbocycles. The number of carbonyl (C=O) groups is 1. The Morgan fingerprint density at radius 3 is 2.80 bits per heavy atom. The fourth-order valence-corrected chi connectivity index (χ4v) is 3.06. The van der Waals surface area contributed by atoms with Gasteiger partial charge >= 0.3 is 0 Å². The van der Waals surface area contributed by atoms with Gasteiger partial charge in [0.1, 0.15) is 6.04 Å². The predicted molar refractivity (Wildman–Crippen MR) is 75.5 cm³/mol. The number of hydrogen-bond acceptors (Lipinski definition) is 5. The molecule has 1 amide bonds. The van der Waals surface area contributed by atoms with Crippen molar-refractivity contribution in [3.63, 3.8) is 0 Å². The summed E-state index contributed by atoms with van der Waals surface area (Å²) >= 11 is 0. The van der Waals surface area contributed by atoms with E-state index in [1.54, 1.807) is 6.92 Å². The van der Waals surface area contributed by atoms with E-state index in [9.17, 15) is 4.79 Å². The Morgan fingerprint density at radius 1 is 1.50 bits per heavy atom. The molecule has 1 saturated carbocycles. The average molecular weight is 301 g/mol. The van der Waals surface area contributed by atoms with E-state index >= 15 is 0 Å². The second-order valence-corrected chi connectivity index (χ2v) is 5.78. The van der Waals surface area contributed by atoms with Gasteiger partial charge in [-0.15, -0.1) is 12.4 Å². The van der Waals surface area contributed by atoms with Crippen LogP contribution in [0, 0.1) is 18.3 Å². The van der Waals surface area contributed by atoms with Crippen molar-refractivity contribution in [2.75, 3.05) is 13.1 Å². The summed E-state index contributed by atoms with van der Waals surface area (Å²) in [7, 11) is 0. The zero-order chi connectivity index (χ0) is 13.5. The van der Waals surface area contributed by atoms with Crippen molar-refractivity contribution < 1.29 is 9.32 Å². The van der Waals surface area contributed by atoms with Crippen molar-refractivity contribution in [1.29, 1.82) is 0 Å². The SMILES string of the molecule is Cc1noc(C(C)NC(=O)C2CC23CCNCC3)n1.Cl. The van der Waals surface area contributed by atoms with Gasteiger partial charge in [0.25, 0.3) is 0 Å². The fourth-order valence-electron chi connectivity index (χ4n) is 3.06. The maximum Gasteiger partial charge on any atom is 0.248 e. The monoisotopic (exact) mass is 300 g/mol. The van der Waals surface area contributed by atoms with E-state index in [0.717, 1.165) is 32.4 Å². The van der Waals surface area contributed by atoms with Gasteiger partial charge in [0.05, 0.1) is 0 Å². The van der Waals surface area contributed by atoms with Crippen LogP contribution in [0.3, 0.4) is 0 Å². The van der Waals surface area contributed by atoms with Gasteiger partial charge in [0.2, 0.25) is 11.8 Å². The summed E-state index contributed by atoms with van der Waals surface area (Å²) in [5.41, 5.74) is 0.264. The van der Waals surface area contributed by atoms with Crippen molar-refractivity contribution in [1.82, 2.24) is 20.8 Å². The molecular formula is C13H21ClN4O2. The summed E-state index contributed by atoms with van der Waals surface area (Å²) in [5.74, 6) is 1.37. The van der Waals surface area contributed by atoms with Gasteiger partial charge in [0.15, 0.2) is 5.82 Å². The summed E-state index contributed by atoms with van der Waals surface area (Å²) in [5, 5.41) is 10.1. The third-order valence-electron chi connectivity index (χ3n) is 4.38. The van der Waals surface area contributed by atoms with Crippen LogP contribution in [0.4, 0.5) is 0 Å². The van der Waals surface area contributed by atoms with E-state index in [2.05, 4.69) is 20.8 Å². The molecule has 1 spiro atoms. The highest BCUT2D eigenvalue weighted by Gasteiger charge is 2.57.